The maximum atomic E-state index is 6.32. The second-order valence-corrected chi connectivity index (χ2v) is 7.52. The molecule has 130 valence electrons. The molecule has 0 radical (unpaired) electrons. The Labute approximate surface area is 150 Å². The van der Waals surface area contributed by atoms with Gasteiger partial charge in [-0.15, -0.1) is 0 Å². The number of hydrogen-bond acceptors (Lipinski definition) is 4. The summed E-state index contributed by atoms with van der Waals surface area (Å²) < 4.78 is 0. The molecule has 4 nitrogen and oxygen atoms in total. The molecule has 2 aliphatic rings. The number of aryl methyl sites for hydroxylation is 1. The summed E-state index contributed by atoms with van der Waals surface area (Å²) in [4.78, 5) is 9.47. The lowest BCUT2D eigenvalue weighted by Gasteiger charge is -2.36. The first kappa shape index (κ1) is 16.2. The van der Waals surface area contributed by atoms with E-state index in [-0.39, 0.29) is 5.54 Å². The maximum Gasteiger partial charge on any atom is 0.196 e. The van der Waals surface area contributed by atoms with Crippen molar-refractivity contribution in [2.75, 3.05) is 18.0 Å². The number of nitrogens with zero attached hydrogens (tertiary/aromatic N) is 3. The Kier molecular flexibility index (Phi) is 4.00. The molecule has 0 bridgehead atoms. The standard InChI is InChI=1S/C21H26N4/c1-16-7-6-10-19(11-16)25-20(22)23-14-21(25)12-17(2)24(15-21)13-18-8-4-3-5-9-18/h3-11,17H,12-15H2,1-2H3,(H2,22,23). The number of rotatable bonds is 3. The van der Waals surface area contributed by atoms with Crippen LogP contribution in [-0.4, -0.2) is 35.5 Å². The van der Waals surface area contributed by atoms with Crippen LogP contribution >= 0.6 is 0 Å². The maximum absolute atomic E-state index is 6.32. The van der Waals surface area contributed by atoms with Gasteiger partial charge in [-0.3, -0.25) is 9.89 Å². The van der Waals surface area contributed by atoms with Crippen molar-refractivity contribution in [3.05, 3.63) is 65.7 Å². The Bertz CT molecular complexity index is 785. The third-order valence-electron chi connectivity index (χ3n) is 5.52. The van der Waals surface area contributed by atoms with Gasteiger partial charge >= 0.3 is 0 Å². The van der Waals surface area contributed by atoms with Gasteiger partial charge in [0.2, 0.25) is 0 Å². The van der Waals surface area contributed by atoms with E-state index in [0.29, 0.717) is 12.0 Å². The lowest BCUT2D eigenvalue weighted by atomic mass is 9.94. The molecule has 4 heteroatoms. The number of nitrogens with two attached hydrogens (primary N) is 1. The van der Waals surface area contributed by atoms with Gasteiger partial charge in [-0.25, -0.2) is 0 Å². The molecule has 1 saturated heterocycles. The smallest absolute Gasteiger partial charge is 0.196 e. The molecule has 2 atom stereocenters. The van der Waals surface area contributed by atoms with Gasteiger partial charge in [-0.1, -0.05) is 42.5 Å². The summed E-state index contributed by atoms with van der Waals surface area (Å²) in [6, 6.07) is 19.8. The van der Waals surface area contributed by atoms with E-state index in [2.05, 4.69) is 83.2 Å². The first-order chi connectivity index (χ1) is 12.1. The second-order valence-electron chi connectivity index (χ2n) is 7.52. The largest absolute Gasteiger partial charge is 0.369 e. The Morgan fingerprint density at radius 3 is 2.72 bits per heavy atom. The summed E-state index contributed by atoms with van der Waals surface area (Å²) in [5.74, 6) is 0.652. The number of benzene rings is 2. The summed E-state index contributed by atoms with van der Waals surface area (Å²) in [5, 5.41) is 0. The molecule has 4 rings (SSSR count). The number of likely N-dealkylation sites (tertiary alicyclic amines) is 1. The fourth-order valence-corrected chi connectivity index (χ4v) is 4.37. The topological polar surface area (TPSA) is 44.9 Å². The van der Waals surface area contributed by atoms with Gasteiger partial charge in [0.1, 0.15) is 0 Å². The van der Waals surface area contributed by atoms with Gasteiger partial charge in [-0.05, 0) is 43.5 Å². The second kappa shape index (κ2) is 6.19. The van der Waals surface area contributed by atoms with Gasteiger partial charge in [0.15, 0.2) is 5.96 Å². The van der Waals surface area contributed by atoms with Crippen LogP contribution in [0.3, 0.4) is 0 Å². The average molecular weight is 334 g/mol. The Balaban J connectivity index is 1.61. The molecular formula is C21H26N4. The highest BCUT2D eigenvalue weighted by atomic mass is 15.4. The van der Waals surface area contributed by atoms with Crippen molar-refractivity contribution >= 4 is 11.6 Å². The molecule has 1 spiro atoms. The fraction of sp³-hybridized carbons (Fsp3) is 0.381. The Morgan fingerprint density at radius 2 is 1.96 bits per heavy atom. The monoisotopic (exact) mass is 334 g/mol. The van der Waals surface area contributed by atoms with Crippen LogP contribution in [0.1, 0.15) is 24.5 Å². The normalized spacial score (nSPS) is 26.4. The summed E-state index contributed by atoms with van der Waals surface area (Å²) in [7, 11) is 0. The first-order valence-corrected chi connectivity index (χ1v) is 9.02. The molecule has 2 N–H and O–H groups in total. The summed E-state index contributed by atoms with van der Waals surface area (Å²) in [6.07, 6.45) is 1.08. The number of anilines is 1. The van der Waals surface area contributed by atoms with Crippen LogP contribution in [0.15, 0.2) is 59.6 Å². The molecule has 0 aromatic heterocycles. The van der Waals surface area contributed by atoms with Crippen LogP contribution in [0.4, 0.5) is 5.69 Å². The number of guanidine groups is 1. The highest BCUT2D eigenvalue weighted by molar-refractivity contribution is 5.98. The van der Waals surface area contributed by atoms with E-state index in [0.717, 1.165) is 31.7 Å². The summed E-state index contributed by atoms with van der Waals surface area (Å²) in [5.41, 5.74) is 10.1. The van der Waals surface area contributed by atoms with Crippen molar-refractivity contribution in [2.24, 2.45) is 10.7 Å². The van der Waals surface area contributed by atoms with Crippen molar-refractivity contribution in [3.63, 3.8) is 0 Å². The minimum Gasteiger partial charge on any atom is -0.369 e. The molecule has 25 heavy (non-hydrogen) atoms. The predicted octanol–water partition coefficient (Wildman–Crippen LogP) is 3.16. The van der Waals surface area contributed by atoms with Crippen LogP contribution in [0.2, 0.25) is 0 Å². The average Bonchev–Trinajstić information content (AvgIpc) is 3.07. The van der Waals surface area contributed by atoms with Crippen LogP contribution in [0, 0.1) is 6.92 Å². The number of hydrogen-bond donors (Lipinski definition) is 1. The SMILES string of the molecule is Cc1cccc(N2C(N)=NCC23CC(C)N(Cc2ccccc2)C3)c1. The quantitative estimate of drug-likeness (QED) is 0.938. The molecule has 1 fully saturated rings. The molecule has 2 heterocycles. The zero-order valence-electron chi connectivity index (χ0n) is 15.0. The zero-order chi connectivity index (χ0) is 17.4. The Hall–Kier alpha value is -2.33. The van der Waals surface area contributed by atoms with Crippen molar-refractivity contribution in [3.8, 4) is 0 Å². The minimum atomic E-state index is -0.0218. The van der Waals surface area contributed by atoms with E-state index in [4.69, 9.17) is 5.73 Å². The van der Waals surface area contributed by atoms with Gasteiger partial charge < -0.3 is 10.6 Å². The first-order valence-electron chi connectivity index (χ1n) is 9.02. The van der Waals surface area contributed by atoms with E-state index in [9.17, 15) is 0 Å². The molecule has 0 saturated carbocycles. The highest BCUT2D eigenvalue weighted by Gasteiger charge is 2.50. The van der Waals surface area contributed by atoms with Gasteiger partial charge in [0.05, 0.1) is 12.1 Å². The van der Waals surface area contributed by atoms with E-state index >= 15 is 0 Å². The highest BCUT2D eigenvalue weighted by Crippen LogP contribution is 2.39. The van der Waals surface area contributed by atoms with Crippen LogP contribution in [0.25, 0.3) is 0 Å². The Morgan fingerprint density at radius 1 is 1.16 bits per heavy atom. The molecule has 2 aromatic rings. The van der Waals surface area contributed by atoms with Crippen molar-refractivity contribution in [2.45, 2.75) is 38.4 Å². The van der Waals surface area contributed by atoms with Crippen molar-refractivity contribution in [1.82, 2.24) is 4.90 Å². The van der Waals surface area contributed by atoms with Gasteiger partial charge in [-0.2, -0.15) is 0 Å². The molecule has 2 unspecified atom stereocenters. The van der Waals surface area contributed by atoms with E-state index in [1.54, 1.807) is 0 Å². The third kappa shape index (κ3) is 2.91. The third-order valence-corrected chi connectivity index (χ3v) is 5.52. The predicted molar refractivity (Wildman–Crippen MR) is 104 cm³/mol. The lowest BCUT2D eigenvalue weighted by molar-refractivity contribution is 0.253. The van der Waals surface area contributed by atoms with Crippen LogP contribution in [0.5, 0.6) is 0 Å². The van der Waals surface area contributed by atoms with Gasteiger partial charge in [0, 0.05) is 24.8 Å². The van der Waals surface area contributed by atoms with Crippen molar-refractivity contribution in [1.29, 1.82) is 0 Å². The summed E-state index contributed by atoms with van der Waals surface area (Å²) >= 11 is 0. The molecule has 0 amide bonds. The number of aliphatic imine (C=N–C) groups is 1. The van der Waals surface area contributed by atoms with Crippen molar-refractivity contribution < 1.29 is 0 Å². The van der Waals surface area contributed by atoms with Gasteiger partial charge in [0.25, 0.3) is 0 Å². The van der Waals surface area contributed by atoms with E-state index in [1.807, 2.05) is 0 Å². The van der Waals surface area contributed by atoms with Crippen LogP contribution in [-0.2, 0) is 6.54 Å². The van der Waals surface area contributed by atoms with E-state index < -0.39 is 0 Å². The van der Waals surface area contributed by atoms with Crippen LogP contribution < -0.4 is 10.6 Å². The molecule has 2 aromatic carbocycles. The molecule has 0 aliphatic carbocycles. The van der Waals surface area contributed by atoms with E-state index in [1.165, 1.54) is 11.1 Å². The molecular weight excluding hydrogens is 308 g/mol. The zero-order valence-corrected chi connectivity index (χ0v) is 15.0. The fourth-order valence-electron chi connectivity index (χ4n) is 4.37. The summed E-state index contributed by atoms with van der Waals surface area (Å²) in [6.45, 7) is 7.19. The lowest BCUT2D eigenvalue weighted by Crippen LogP contribution is -2.53. The minimum absolute atomic E-state index is 0.0218. The molecule has 2 aliphatic heterocycles.